The summed E-state index contributed by atoms with van der Waals surface area (Å²) in [6.45, 7) is 11.4. The number of alkyl carbamates (subject to hydrolysis) is 1. The van der Waals surface area contributed by atoms with Crippen molar-refractivity contribution in [2.24, 2.45) is 52.3 Å². The summed E-state index contributed by atoms with van der Waals surface area (Å²) in [6, 6.07) is 7.99. The third-order valence-electron chi connectivity index (χ3n) is 15.4. The maximum absolute atomic E-state index is 13.5. The van der Waals surface area contributed by atoms with Gasteiger partial charge in [0.1, 0.15) is 36.8 Å². The molecule has 1 amide bonds. The lowest BCUT2D eigenvalue weighted by atomic mass is 9.43. The van der Waals surface area contributed by atoms with Crippen molar-refractivity contribution in [1.82, 2.24) is 5.32 Å². The Bertz CT molecular complexity index is 1520. The minimum Gasteiger partial charge on any atom is -0.492 e. The van der Waals surface area contributed by atoms with Crippen LogP contribution in [0.15, 0.2) is 24.3 Å². The Kier molecular flexibility index (Phi) is 14.5. The van der Waals surface area contributed by atoms with Crippen molar-refractivity contribution < 1.29 is 52.4 Å². The van der Waals surface area contributed by atoms with Gasteiger partial charge >= 0.3 is 12.1 Å². The highest BCUT2D eigenvalue weighted by Crippen LogP contribution is 2.69. The summed E-state index contributed by atoms with van der Waals surface area (Å²) in [5.41, 5.74) is 0.795. The van der Waals surface area contributed by atoms with Gasteiger partial charge < -0.3 is 33.7 Å². The highest BCUT2D eigenvalue weighted by atomic mass is 16.6. The first-order valence-electron chi connectivity index (χ1n) is 21.6. The van der Waals surface area contributed by atoms with Crippen LogP contribution in [0.1, 0.15) is 117 Å². The van der Waals surface area contributed by atoms with Gasteiger partial charge in [0.25, 0.3) is 19.4 Å². The summed E-state index contributed by atoms with van der Waals surface area (Å²) >= 11 is 0. The average molecular weight is 796 g/mol. The molecule has 5 saturated carbocycles. The van der Waals surface area contributed by atoms with E-state index in [1.165, 1.54) is 5.56 Å². The molecule has 5 aliphatic rings. The van der Waals surface area contributed by atoms with Crippen LogP contribution in [0.5, 0.6) is 5.75 Å². The van der Waals surface area contributed by atoms with Crippen molar-refractivity contribution in [2.75, 3.05) is 19.8 Å². The zero-order valence-corrected chi connectivity index (χ0v) is 34.4. The monoisotopic (exact) mass is 795 g/mol. The normalized spacial score (nSPS) is 36.1. The highest BCUT2D eigenvalue weighted by molar-refractivity contribution is 5.69. The van der Waals surface area contributed by atoms with E-state index in [4.69, 9.17) is 28.4 Å². The van der Waals surface area contributed by atoms with Crippen LogP contribution in [-0.2, 0) is 49.3 Å². The average Bonchev–Trinajstić information content (AvgIpc) is 3.56. The van der Waals surface area contributed by atoms with Gasteiger partial charge in [0.2, 0.25) is 0 Å². The van der Waals surface area contributed by atoms with E-state index in [9.17, 15) is 24.0 Å². The molecule has 316 valence electrons. The SMILES string of the molecule is CCOC(=O)NCCOc1ccc(C[C@@H]2CCCC[C@@H]2OC(=O)CC[C@@H](C)[C@H]2CC[C@H]3[C@@H]4[C@H](OC=O)C[C@@H]5C[C@H](OC=O)CC[C@]5(C)[C@H]4C[C@H](OC=O)[C@]23C)cc1. The minimum absolute atomic E-state index is 0.0461. The Labute approximate surface area is 338 Å². The number of fused-ring (bicyclic) bond motifs is 5. The topological polar surface area (TPSA) is 153 Å². The molecule has 12 heteroatoms. The Morgan fingerprint density at radius 3 is 2.37 bits per heavy atom. The largest absolute Gasteiger partial charge is 0.492 e. The Balaban J connectivity index is 1.05. The molecule has 13 atom stereocenters. The summed E-state index contributed by atoms with van der Waals surface area (Å²) in [5, 5.41) is 2.65. The van der Waals surface area contributed by atoms with Crippen LogP contribution >= 0.6 is 0 Å². The van der Waals surface area contributed by atoms with Gasteiger partial charge in [-0.15, -0.1) is 0 Å². The van der Waals surface area contributed by atoms with Gasteiger partial charge in [-0.05, 0) is 143 Å². The number of nitrogens with one attached hydrogen (secondary N) is 1. The van der Waals surface area contributed by atoms with Gasteiger partial charge in [-0.25, -0.2) is 4.79 Å². The van der Waals surface area contributed by atoms with Crippen LogP contribution in [0.3, 0.4) is 0 Å². The minimum atomic E-state index is -0.454. The molecular weight excluding hydrogens is 730 g/mol. The molecule has 0 aromatic heterocycles. The predicted molar refractivity (Wildman–Crippen MR) is 210 cm³/mol. The lowest BCUT2D eigenvalue weighted by Gasteiger charge is -2.64. The molecule has 0 unspecified atom stereocenters. The fourth-order valence-corrected chi connectivity index (χ4v) is 12.6. The van der Waals surface area contributed by atoms with Crippen molar-refractivity contribution in [3.63, 3.8) is 0 Å². The zero-order chi connectivity index (χ0) is 40.6. The van der Waals surface area contributed by atoms with E-state index in [1.54, 1.807) is 6.92 Å². The molecule has 0 heterocycles. The van der Waals surface area contributed by atoms with Gasteiger partial charge in [-0.1, -0.05) is 39.3 Å². The fourth-order valence-electron chi connectivity index (χ4n) is 12.6. The molecule has 1 aromatic carbocycles. The highest BCUT2D eigenvalue weighted by Gasteiger charge is 2.67. The van der Waals surface area contributed by atoms with E-state index in [2.05, 4.69) is 38.2 Å². The summed E-state index contributed by atoms with van der Waals surface area (Å²) in [6.07, 6.45) is 10.5. The van der Waals surface area contributed by atoms with Crippen molar-refractivity contribution >= 4 is 31.5 Å². The molecule has 0 bridgehead atoms. The maximum Gasteiger partial charge on any atom is 0.407 e. The molecule has 1 N–H and O–H groups in total. The van der Waals surface area contributed by atoms with E-state index in [0.717, 1.165) is 76.4 Å². The van der Waals surface area contributed by atoms with E-state index in [0.29, 0.717) is 58.4 Å². The van der Waals surface area contributed by atoms with Gasteiger partial charge in [-0.2, -0.15) is 0 Å². The fraction of sp³-hybridized carbons (Fsp3) is 0.756. The maximum atomic E-state index is 13.5. The lowest BCUT2D eigenvalue weighted by Crippen LogP contribution is -2.63. The summed E-state index contributed by atoms with van der Waals surface area (Å²) in [5.74, 6) is 2.02. The first-order chi connectivity index (χ1) is 27.5. The van der Waals surface area contributed by atoms with Crippen molar-refractivity contribution in [1.29, 1.82) is 0 Å². The summed E-state index contributed by atoms with van der Waals surface area (Å²) in [7, 11) is 0. The number of carbonyl (C=O) groups is 5. The standard InChI is InChI=1S/C45H65NO11/c1-5-52-43(51)46-20-21-53-33-13-11-30(12-14-33)22-31-8-6-7-9-38(31)57-41(50)17-10-29(2)35-15-16-36-42-37(25-40(56-28-49)45(35,36)4)44(3)19-18-34(54-26-47)23-32(44)24-39(42)55-27-48/h11-14,26-29,31-32,34-40,42H,5-10,15-25H2,1-4H3,(H,46,51)/t29-,31+,32+,34-,35-,36+,37+,38+,39-,40+,42+,44+,45-/m1/s1. The third kappa shape index (κ3) is 9.40. The van der Waals surface area contributed by atoms with Crippen LogP contribution in [0.4, 0.5) is 4.79 Å². The number of hydrogen-bond donors (Lipinski definition) is 1. The Morgan fingerprint density at radius 2 is 1.63 bits per heavy atom. The van der Waals surface area contributed by atoms with Crippen LogP contribution in [0, 0.1) is 52.3 Å². The van der Waals surface area contributed by atoms with Crippen LogP contribution in [-0.4, -0.2) is 75.7 Å². The first-order valence-corrected chi connectivity index (χ1v) is 21.6. The van der Waals surface area contributed by atoms with Crippen molar-refractivity contribution in [2.45, 2.75) is 142 Å². The number of benzene rings is 1. The quantitative estimate of drug-likeness (QED) is 0.0686. The molecule has 5 fully saturated rings. The lowest BCUT2D eigenvalue weighted by molar-refractivity contribution is -0.218. The third-order valence-corrected chi connectivity index (χ3v) is 15.4. The molecule has 1 aromatic rings. The molecule has 0 saturated heterocycles. The van der Waals surface area contributed by atoms with Crippen LogP contribution in [0.25, 0.3) is 0 Å². The molecule has 0 spiro atoms. The smallest absolute Gasteiger partial charge is 0.407 e. The van der Waals surface area contributed by atoms with E-state index < -0.39 is 6.09 Å². The van der Waals surface area contributed by atoms with E-state index in [-0.39, 0.29) is 82.6 Å². The number of amides is 1. The Morgan fingerprint density at radius 1 is 0.877 bits per heavy atom. The number of ether oxygens (including phenoxy) is 6. The van der Waals surface area contributed by atoms with Gasteiger partial charge in [0, 0.05) is 17.8 Å². The molecule has 5 aliphatic carbocycles. The summed E-state index contributed by atoms with van der Waals surface area (Å²) in [4.78, 5) is 60.2. The van der Waals surface area contributed by atoms with Gasteiger partial charge in [-0.3, -0.25) is 19.2 Å². The second kappa shape index (κ2) is 19.3. The van der Waals surface area contributed by atoms with Gasteiger partial charge in [0.05, 0.1) is 13.2 Å². The van der Waals surface area contributed by atoms with Crippen LogP contribution < -0.4 is 10.1 Å². The number of carbonyl (C=O) groups excluding carboxylic acids is 5. The van der Waals surface area contributed by atoms with Gasteiger partial charge in [0.15, 0.2) is 0 Å². The number of rotatable bonds is 18. The van der Waals surface area contributed by atoms with Crippen LogP contribution in [0.2, 0.25) is 0 Å². The predicted octanol–water partition coefficient (Wildman–Crippen LogP) is 7.38. The molecule has 12 nitrogen and oxygen atoms in total. The molecule has 0 radical (unpaired) electrons. The molecule has 6 rings (SSSR count). The number of esters is 1. The summed E-state index contributed by atoms with van der Waals surface area (Å²) < 4.78 is 34.3. The Hall–Kier alpha value is -3.83. The molecule has 0 aliphatic heterocycles. The van der Waals surface area contributed by atoms with Crippen molar-refractivity contribution in [3.8, 4) is 5.75 Å². The van der Waals surface area contributed by atoms with Crippen molar-refractivity contribution in [3.05, 3.63) is 29.8 Å². The van der Waals surface area contributed by atoms with E-state index >= 15 is 0 Å². The second-order valence-electron chi connectivity index (χ2n) is 18.1. The first kappa shape index (κ1) is 42.8. The molecule has 57 heavy (non-hydrogen) atoms. The zero-order valence-electron chi connectivity index (χ0n) is 34.4. The second-order valence-corrected chi connectivity index (χ2v) is 18.1. The van der Waals surface area contributed by atoms with E-state index in [1.807, 2.05) is 12.1 Å². The molecular formula is C45H65NO11. The number of hydrogen-bond acceptors (Lipinski definition) is 11.